The van der Waals surface area contributed by atoms with E-state index in [0.717, 1.165) is 45.6 Å². The van der Waals surface area contributed by atoms with Crippen LogP contribution in [0, 0.1) is 0 Å². The molecule has 4 rings (SSSR count). The Labute approximate surface area is 184 Å². The van der Waals surface area contributed by atoms with Crippen LogP contribution < -0.4 is 10.6 Å². The molecule has 29 heavy (non-hydrogen) atoms. The third-order valence-corrected chi connectivity index (χ3v) is 7.78. The third-order valence-electron chi connectivity index (χ3n) is 7.05. The van der Waals surface area contributed by atoms with Gasteiger partial charge in [0.15, 0.2) is 0 Å². The van der Waals surface area contributed by atoms with Gasteiger partial charge < -0.3 is 15.5 Å². The average Bonchev–Trinajstić information content (AvgIpc) is 2.77. The first kappa shape index (κ1) is 21.1. The topological polar surface area (TPSA) is 27.3 Å². The molecule has 0 saturated carbocycles. The maximum Gasteiger partial charge on any atom is 0.0595 e. The summed E-state index contributed by atoms with van der Waals surface area (Å²) in [5.74, 6) is 0. The number of nitrogens with zero attached hydrogens (tertiary/aromatic N) is 1. The second-order valence-corrected chi connectivity index (χ2v) is 9.48. The largest absolute Gasteiger partial charge is 0.316 e. The number of halogens is 2. The van der Waals surface area contributed by atoms with E-state index < -0.39 is 0 Å². The Morgan fingerprint density at radius 3 is 2.34 bits per heavy atom. The Morgan fingerprint density at radius 2 is 1.72 bits per heavy atom. The van der Waals surface area contributed by atoms with Crippen molar-refractivity contribution in [1.82, 2.24) is 15.5 Å². The predicted octanol–water partition coefficient (Wildman–Crippen LogP) is 4.83. The minimum absolute atomic E-state index is 0.0827. The summed E-state index contributed by atoms with van der Waals surface area (Å²) in [5, 5.41) is 8.57. The van der Waals surface area contributed by atoms with E-state index in [2.05, 4.69) is 65.0 Å². The van der Waals surface area contributed by atoms with Crippen molar-refractivity contribution in [2.24, 2.45) is 0 Å². The summed E-state index contributed by atoms with van der Waals surface area (Å²) in [4.78, 5) is 2.65. The van der Waals surface area contributed by atoms with Crippen LogP contribution in [0.5, 0.6) is 0 Å². The fourth-order valence-electron chi connectivity index (χ4n) is 5.23. The molecular formula is C24H31Cl2N3. The van der Waals surface area contributed by atoms with Crippen LogP contribution in [0.3, 0.4) is 0 Å². The zero-order valence-corrected chi connectivity index (χ0v) is 18.7. The Bertz CT molecular complexity index is 810. The van der Waals surface area contributed by atoms with Crippen molar-refractivity contribution in [2.45, 2.75) is 36.6 Å². The van der Waals surface area contributed by atoms with E-state index in [1.165, 1.54) is 24.0 Å². The number of hydrogen-bond donors (Lipinski definition) is 2. The van der Waals surface area contributed by atoms with Gasteiger partial charge in [0.2, 0.25) is 0 Å². The Kier molecular flexibility index (Phi) is 6.53. The van der Waals surface area contributed by atoms with Gasteiger partial charge in [-0.25, -0.2) is 0 Å². The minimum Gasteiger partial charge on any atom is -0.316 e. The van der Waals surface area contributed by atoms with Gasteiger partial charge >= 0.3 is 0 Å². The van der Waals surface area contributed by atoms with Gasteiger partial charge in [0.25, 0.3) is 0 Å². The van der Waals surface area contributed by atoms with Gasteiger partial charge in [-0.3, -0.25) is 0 Å². The molecule has 1 atom stereocenters. The highest BCUT2D eigenvalue weighted by Gasteiger charge is 2.40. The Morgan fingerprint density at radius 1 is 0.966 bits per heavy atom. The van der Waals surface area contributed by atoms with Crippen molar-refractivity contribution in [3.8, 4) is 0 Å². The fourth-order valence-corrected chi connectivity index (χ4v) is 5.53. The minimum atomic E-state index is 0.0827. The molecule has 0 bridgehead atoms. The zero-order chi connectivity index (χ0) is 20.3. The molecule has 0 spiro atoms. The van der Waals surface area contributed by atoms with Gasteiger partial charge in [-0.15, -0.1) is 0 Å². The standard InChI is InChI=1S/C24H31Cl2N3/c1-27-24(19-6-3-2-4-7-19)11-14-29(15-12-24)18-23(10-5-13-28-17-23)20-8-9-21(25)22(26)16-20/h2-4,6-9,16,27-28H,5,10-15,17-18H2,1H3. The lowest BCUT2D eigenvalue weighted by Crippen LogP contribution is -2.55. The first-order chi connectivity index (χ1) is 14.1. The van der Waals surface area contributed by atoms with Crippen molar-refractivity contribution >= 4 is 23.2 Å². The van der Waals surface area contributed by atoms with Gasteiger partial charge in [0, 0.05) is 37.1 Å². The van der Waals surface area contributed by atoms with E-state index in [0.29, 0.717) is 10.0 Å². The smallest absolute Gasteiger partial charge is 0.0595 e. The highest BCUT2D eigenvalue weighted by atomic mass is 35.5. The predicted molar refractivity (Wildman–Crippen MR) is 123 cm³/mol. The molecule has 0 aliphatic carbocycles. The molecule has 3 nitrogen and oxygen atoms in total. The normalized spacial score (nSPS) is 25.1. The number of piperidine rings is 2. The maximum absolute atomic E-state index is 6.39. The number of rotatable bonds is 5. The molecule has 2 aromatic carbocycles. The highest BCUT2D eigenvalue weighted by molar-refractivity contribution is 6.42. The first-order valence-corrected chi connectivity index (χ1v) is 11.5. The summed E-state index contributed by atoms with van der Waals surface area (Å²) < 4.78 is 0. The second kappa shape index (κ2) is 8.95. The van der Waals surface area contributed by atoms with E-state index in [-0.39, 0.29) is 11.0 Å². The molecule has 156 valence electrons. The summed E-state index contributed by atoms with van der Waals surface area (Å²) >= 11 is 12.6. The molecule has 2 aliphatic heterocycles. The van der Waals surface area contributed by atoms with E-state index in [9.17, 15) is 0 Å². The molecule has 0 radical (unpaired) electrons. The van der Waals surface area contributed by atoms with Crippen molar-refractivity contribution < 1.29 is 0 Å². The molecule has 0 amide bonds. The van der Waals surface area contributed by atoms with Crippen molar-refractivity contribution in [1.29, 1.82) is 0 Å². The monoisotopic (exact) mass is 431 g/mol. The van der Waals surface area contributed by atoms with Crippen molar-refractivity contribution in [3.05, 3.63) is 69.7 Å². The molecule has 5 heteroatoms. The number of benzene rings is 2. The lowest BCUT2D eigenvalue weighted by Gasteiger charge is -2.47. The molecule has 0 aromatic heterocycles. The average molecular weight is 432 g/mol. The quantitative estimate of drug-likeness (QED) is 0.709. The number of likely N-dealkylation sites (tertiary alicyclic amines) is 1. The van der Waals surface area contributed by atoms with Crippen LogP contribution in [-0.4, -0.2) is 44.7 Å². The van der Waals surface area contributed by atoms with E-state index in [4.69, 9.17) is 23.2 Å². The highest BCUT2D eigenvalue weighted by Crippen LogP contribution is 2.38. The summed E-state index contributed by atoms with van der Waals surface area (Å²) in [5.41, 5.74) is 2.89. The van der Waals surface area contributed by atoms with Crippen LogP contribution >= 0.6 is 23.2 Å². The van der Waals surface area contributed by atoms with Crippen LogP contribution in [0.2, 0.25) is 10.0 Å². The van der Waals surface area contributed by atoms with Gasteiger partial charge in [-0.05, 0) is 62.5 Å². The number of hydrogen-bond acceptors (Lipinski definition) is 3. The van der Waals surface area contributed by atoms with E-state index in [1.807, 2.05) is 6.07 Å². The van der Waals surface area contributed by atoms with Crippen LogP contribution in [-0.2, 0) is 11.0 Å². The molecule has 2 heterocycles. The summed E-state index contributed by atoms with van der Waals surface area (Å²) in [6, 6.07) is 17.1. The fraction of sp³-hybridized carbons (Fsp3) is 0.500. The van der Waals surface area contributed by atoms with E-state index in [1.54, 1.807) is 0 Å². The lowest BCUT2D eigenvalue weighted by atomic mass is 9.73. The summed E-state index contributed by atoms with van der Waals surface area (Å²) in [6.07, 6.45) is 4.62. The van der Waals surface area contributed by atoms with Crippen molar-refractivity contribution in [3.63, 3.8) is 0 Å². The lowest BCUT2D eigenvalue weighted by molar-refractivity contribution is 0.105. The van der Waals surface area contributed by atoms with Gasteiger partial charge in [-0.1, -0.05) is 59.6 Å². The maximum atomic E-state index is 6.39. The molecule has 2 aromatic rings. The van der Waals surface area contributed by atoms with Crippen LogP contribution in [0.25, 0.3) is 0 Å². The van der Waals surface area contributed by atoms with E-state index >= 15 is 0 Å². The van der Waals surface area contributed by atoms with Crippen LogP contribution in [0.15, 0.2) is 48.5 Å². The molecule has 1 unspecified atom stereocenters. The summed E-state index contributed by atoms with van der Waals surface area (Å²) in [6.45, 7) is 5.35. The Balaban J connectivity index is 1.52. The summed E-state index contributed by atoms with van der Waals surface area (Å²) in [7, 11) is 2.10. The first-order valence-electron chi connectivity index (χ1n) is 10.7. The van der Waals surface area contributed by atoms with Crippen LogP contribution in [0.4, 0.5) is 0 Å². The number of nitrogens with one attached hydrogen (secondary N) is 2. The van der Waals surface area contributed by atoms with Gasteiger partial charge in [-0.2, -0.15) is 0 Å². The Hall–Kier alpha value is -1.10. The van der Waals surface area contributed by atoms with Gasteiger partial charge in [0.1, 0.15) is 0 Å². The molecule has 2 N–H and O–H groups in total. The van der Waals surface area contributed by atoms with Crippen LogP contribution in [0.1, 0.15) is 36.8 Å². The molecule has 2 aliphatic rings. The molecule has 2 saturated heterocycles. The van der Waals surface area contributed by atoms with Gasteiger partial charge in [0.05, 0.1) is 10.0 Å². The third kappa shape index (κ3) is 4.35. The molecular weight excluding hydrogens is 401 g/mol. The van der Waals surface area contributed by atoms with Crippen molar-refractivity contribution in [2.75, 3.05) is 39.8 Å². The zero-order valence-electron chi connectivity index (χ0n) is 17.2. The molecule has 2 fully saturated rings. The SMILES string of the molecule is CNC1(c2ccccc2)CCN(CC2(c3ccc(Cl)c(Cl)c3)CCCNC2)CC1. The second-order valence-electron chi connectivity index (χ2n) is 8.66.